The molecule has 0 aromatic heterocycles. The van der Waals surface area contributed by atoms with Crippen molar-refractivity contribution >= 4 is 34.7 Å². The molecule has 3 rings (SSSR count). The average Bonchev–Trinajstić information content (AvgIpc) is 2.62. The molecule has 0 bridgehead atoms. The molecule has 130 valence electrons. The molecule has 1 amide bonds. The number of amides is 1. The molecule has 0 aliphatic carbocycles. The molecular weight excluding hydrogens is 344 g/mol. The predicted octanol–water partition coefficient (Wildman–Crippen LogP) is 1.85. The summed E-state index contributed by atoms with van der Waals surface area (Å²) in [4.78, 5) is 24.7. The quantitative estimate of drug-likeness (QED) is 0.403. The van der Waals surface area contributed by atoms with Crippen LogP contribution < -0.4 is 16.4 Å². The Labute approximate surface area is 147 Å². The van der Waals surface area contributed by atoms with Crippen molar-refractivity contribution in [2.75, 3.05) is 18.4 Å². The maximum atomic E-state index is 12.3. The fraction of sp³-hybridized carbons (Fsp3) is 0.188. The van der Waals surface area contributed by atoms with E-state index in [-0.39, 0.29) is 24.3 Å². The average molecular weight is 360 g/mol. The largest absolute Gasteiger partial charge is 0.390 e. The van der Waals surface area contributed by atoms with Gasteiger partial charge in [-0.05, 0) is 18.2 Å². The molecule has 1 aliphatic rings. The maximum Gasteiger partial charge on any atom is 0.294 e. The predicted molar refractivity (Wildman–Crippen MR) is 94.3 cm³/mol. The number of benzene rings is 2. The van der Waals surface area contributed by atoms with Crippen molar-refractivity contribution in [2.45, 2.75) is 15.9 Å². The molecule has 2 aromatic carbocycles. The molecule has 1 aliphatic heterocycles. The highest BCUT2D eigenvalue weighted by Gasteiger charge is 2.26. The lowest BCUT2D eigenvalue weighted by Gasteiger charge is -2.21. The highest BCUT2D eigenvalue weighted by Crippen LogP contribution is 2.48. The lowest BCUT2D eigenvalue weighted by atomic mass is 10.1. The Balaban J connectivity index is 1.94. The van der Waals surface area contributed by atoms with Crippen molar-refractivity contribution in [1.29, 1.82) is 0 Å². The number of carbonyl (C=O) groups is 1. The molecule has 1 heterocycles. The van der Waals surface area contributed by atoms with E-state index in [9.17, 15) is 20.0 Å². The Morgan fingerprint density at radius 1 is 1.36 bits per heavy atom. The molecule has 25 heavy (non-hydrogen) atoms. The number of rotatable bonds is 5. The monoisotopic (exact) mass is 360 g/mol. The zero-order chi connectivity index (χ0) is 18.0. The van der Waals surface area contributed by atoms with Gasteiger partial charge in [-0.25, -0.2) is 0 Å². The van der Waals surface area contributed by atoms with Crippen molar-refractivity contribution in [1.82, 2.24) is 5.32 Å². The van der Waals surface area contributed by atoms with E-state index in [1.165, 1.54) is 17.8 Å². The van der Waals surface area contributed by atoms with Gasteiger partial charge < -0.3 is 21.5 Å². The van der Waals surface area contributed by atoms with Crippen molar-refractivity contribution in [3.63, 3.8) is 0 Å². The van der Waals surface area contributed by atoms with E-state index in [0.717, 1.165) is 10.6 Å². The lowest BCUT2D eigenvalue weighted by molar-refractivity contribution is -0.384. The van der Waals surface area contributed by atoms with E-state index in [1.807, 2.05) is 24.3 Å². The molecule has 0 saturated carbocycles. The minimum absolute atomic E-state index is 0.0151. The summed E-state index contributed by atoms with van der Waals surface area (Å²) in [5, 5.41) is 26.5. The van der Waals surface area contributed by atoms with Crippen molar-refractivity contribution < 1.29 is 14.8 Å². The maximum absolute atomic E-state index is 12.3. The molecule has 8 nitrogen and oxygen atoms in total. The van der Waals surface area contributed by atoms with Gasteiger partial charge in [0.2, 0.25) is 0 Å². The van der Waals surface area contributed by atoms with E-state index in [2.05, 4.69) is 10.6 Å². The first-order chi connectivity index (χ1) is 12.0. The number of nitrogens with one attached hydrogen (secondary N) is 2. The number of hydrogen-bond acceptors (Lipinski definition) is 7. The van der Waals surface area contributed by atoms with Gasteiger partial charge in [0.05, 0.1) is 16.7 Å². The minimum atomic E-state index is -0.862. The summed E-state index contributed by atoms with van der Waals surface area (Å²) in [5.74, 6) is -0.502. The number of nitrogens with zero attached hydrogens (tertiary/aromatic N) is 1. The molecule has 1 unspecified atom stereocenters. The Hall–Kier alpha value is -2.62. The summed E-state index contributed by atoms with van der Waals surface area (Å²) in [5.41, 5.74) is 6.43. The fourth-order valence-electron chi connectivity index (χ4n) is 2.39. The summed E-state index contributed by atoms with van der Waals surface area (Å²) in [6.45, 7) is -0.00435. The number of nitrogens with two attached hydrogens (primary N) is 1. The number of fused-ring (bicyclic) bond motifs is 2. The van der Waals surface area contributed by atoms with Crippen LogP contribution in [0.25, 0.3) is 0 Å². The molecule has 2 aromatic rings. The molecule has 5 N–H and O–H groups in total. The third kappa shape index (κ3) is 3.58. The Bertz CT molecular complexity index is 843. The molecule has 0 radical (unpaired) electrons. The van der Waals surface area contributed by atoms with Crippen molar-refractivity contribution in [3.05, 3.63) is 52.1 Å². The van der Waals surface area contributed by atoms with Gasteiger partial charge in [-0.1, -0.05) is 23.9 Å². The van der Waals surface area contributed by atoms with Crippen LogP contribution in [0.2, 0.25) is 0 Å². The lowest BCUT2D eigenvalue weighted by Crippen LogP contribution is -2.36. The number of nitro benzene ring substituents is 1. The van der Waals surface area contributed by atoms with Gasteiger partial charge in [-0.3, -0.25) is 14.9 Å². The Morgan fingerprint density at radius 3 is 2.84 bits per heavy atom. The van der Waals surface area contributed by atoms with Gasteiger partial charge in [-0.15, -0.1) is 0 Å². The Kier molecular flexibility index (Phi) is 4.88. The molecule has 1 atom stereocenters. The summed E-state index contributed by atoms with van der Waals surface area (Å²) >= 11 is 1.36. The number of carbonyl (C=O) groups excluding carboxylic acids is 1. The second kappa shape index (κ2) is 7.09. The molecule has 0 spiro atoms. The van der Waals surface area contributed by atoms with E-state index in [1.54, 1.807) is 6.07 Å². The van der Waals surface area contributed by atoms with Crippen LogP contribution in [0.15, 0.2) is 46.2 Å². The third-order valence-corrected chi connectivity index (χ3v) is 4.80. The highest BCUT2D eigenvalue weighted by molar-refractivity contribution is 7.99. The number of hydrogen-bond donors (Lipinski definition) is 4. The molecule has 9 heteroatoms. The van der Waals surface area contributed by atoms with Crippen LogP contribution in [-0.2, 0) is 0 Å². The first-order valence-electron chi connectivity index (χ1n) is 7.52. The Morgan fingerprint density at radius 2 is 2.12 bits per heavy atom. The summed E-state index contributed by atoms with van der Waals surface area (Å²) < 4.78 is 0. The van der Waals surface area contributed by atoms with E-state index >= 15 is 0 Å². The zero-order valence-corrected chi connectivity index (χ0v) is 13.9. The molecular formula is C16H16N4O4S. The van der Waals surface area contributed by atoms with Crippen LogP contribution >= 0.6 is 11.8 Å². The zero-order valence-electron chi connectivity index (χ0n) is 13.1. The van der Waals surface area contributed by atoms with Crippen molar-refractivity contribution in [2.24, 2.45) is 5.73 Å². The fourth-order valence-corrected chi connectivity index (χ4v) is 3.45. The topological polar surface area (TPSA) is 131 Å². The van der Waals surface area contributed by atoms with Gasteiger partial charge in [0.15, 0.2) is 0 Å². The minimum Gasteiger partial charge on any atom is -0.390 e. The number of anilines is 2. The summed E-state index contributed by atoms with van der Waals surface area (Å²) in [6.07, 6.45) is -0.862. The summed E-state index contributed by atoms with van der Waals surface area (Å²) in [6, 6.07) is 10.3. The van der Waals surface area contributed by atoms with Crippen LogP contribution in [0.3, 0.4) is 0 Å². The van der Waals surface area contributed by atoms with Gasteiger partial charge in [0, 0.05) is 34.5 Å². The number of aliphatic hydroxyl groups is 1. The standard InChI is InChI=1S/C16H16N4O4S/c17-7-10(21)8-18-16(22)9-5-12(20(23)24)15-14(6-9)25-13-4-2-1-3-11(13)19-15/h1-6,10,19,21H,7-8,17H2,(H,18,22). The molecule has 0 saturated heterocycles. The first kappa shape index (κ1) is 17.2. The van der Waals surface area contributed by atoms with E-state index in [4.69, 9.17) is 5.73 Å². The second-order valence-corrected chi connectivity index (χ2v) is 6.53. The highest BCUT2D eigenvalue weighted by atomic mass is 32.2. The number of nitro groups is 1. The smallest absolute Gasteiger partial charge is 0.294 e. The summed E-state index contributed by atoms with van der Waals surface area (Å²) in [7, 11) is 0. The van der Waals surface area contributed by atoms with Crippen LogP contribution in [0, 0.1) is 10.1 Å². The molecule has 0 fully saturated rings. The SMILES string of the molecule is NCC(O)CNC(=O)c1cc2c(c([N+](=O)[O-])c1)Nc1ccccc1S2. The number of para-hydroxylation sites is 1. The number of aliphatic hydroxyl groups excluding tert-OH is 1. The van der Waals surface area contributed by atoms with Crippen molar-refractivity contribution in [3.8, 4) is 0 Å². The second-order valence-electron chi connectivity index (χ2n) is 5.45. The van der Waals surface area contributed by atoms with Crippen LogP contribution in [0.5, 0.6) is 0 Å². The van der Waals surface area contributed by atoms with E-state index < -0.39 is 16.9 Å². The van der Waals surface area contributed by atoms with E-state index in [0.29, 0.717) is 10.6 Å². The normalized spacial score (nSPS) is 13.2. The van der Waals surface area contributed by atoms with Gasteiger partial charge >= 0.3 is 0 Å². The van der Waals surface area contributed by atoms with Crippen LogP contribution in [0.4, 0.5) is 17.1 Å². The first-order valence-corrected chi connectivity index (χ1v) is 8.34. The van der Waals surface area contributed by atoms with Gasteiger partial charge in [0.25, 0.3) is 11.6 Å². The third-order valence-electron chi connectivity index (χ3n) is 3.68. The van der Waals surface area contributed by atoms with Gasteiger partial charge in [0.1, 0.15) is 5.69 Å². The van der Waals surface area contributed by atoms with Crippen LogP contribution in [0.1, 0.15) is 10.4 Å². The van der Waals surface area contributed by atoms with Crippen LogP contribution in [-0.4, -0.2) is 35.1 Å². The van der Waals surface area contributed by atoms with Gasteiger partial charge in [-0.2, -0.15) is 0 Å².